The van der Waals surface area contributed by atoms with Crippen LogP contribution in [0.2, 0.25) is 0 Å². The molecule has 5 nitrogen and oxygen atoms in total. The van der Waals surface area contributed by atoms with Crippen molar-refractivity contribution in [3.8, 4) is 0 Å². The third kappa shape index (κ3) is 1.46. The number of rotatable bonds is 2. The lowest BCUT2D eigenvalue weighted by atomic mass is 9.93. The first kappa shape index (κ1) is 9.67. The molecule has 0 spiro atoms. The van der Waals surface area contributed by atoms with Gasteiger partial charge in [0.15, 0.2) is 0 Å². The Morgan fingerprint density at radius 1 is 1.60 bits per heavy atom. The van der Waals surface area contributed by atoms with Crippen molar-refractivity contribution >= 4 is 17.0 Å². The van der Waals surface area contributed by atoms with Crippen LogP contribution >= 0.6 is 0 Å². The van der Waals surface area contributed by atoms with Crippen LogP contribution in [0.1, 0.15) is 12.5 Å². The summed E-state index contributed by atoms with van der Waals surface area (Å²) in [5.41, 5.74) is 6.45. The highest BCUT2D eigenvalue weighted by molar-refractivity contribution is 5.83. The van der Waals surface area contributed by atoms with Gasteiger partial charge in [-0.15, -0.1) is 0 Å². The van der Waals surface area contributed by atoms with Crippen LogP contribution in [0, 0.1) is 0 Å². The normalized spacial score (nSPS) is 15.1. The van der Waals surface area contributed by atoms with Crippen molar-refractivity contribution in [2.24, 2.45) is 5.73 Å². The van der Waals surface area contributed by atoms with Gasteiger partial charge in [-0.05, 0) is 24.6 Å². The zero-order chi connectivity index (χ0) is 11.1. The SMILES string of the molecule is CC(N)(C(=O)O)c1ccc2nc[nH]c2c1. The highest BCUT2D eigenvalue weighted by Gasteiger charge is 2.30. The molecular weight excluding hydrogens is 194 g/mol. The van der Waals surface area contributed by atoms with Crippen LogP contribution in [-0.2, 0) is 10.3 Å². The van der Waals surface area contributed by atoms with E-state index in [2.05, 4.69) is 9.97 Å². The lowest BCUT2D eigenvalue weighted by Crippen LogP contribution is -2.41. The quantitative estimate of drug-likeness (QED) is 0.676. The van der Waals surface area contributed by atoms with Crippen molar-refractivity contribution in [3.63, 3.8) is 0 Å². The number of nitrogens with zero attached hydrogens (tertiary/aromatic N) is 1. The molecule has 2 aromatic rings. The number of benzene rings is 1. The summed E-state index contributed by atoms with van der Waals surface area (Å²) < 4.78 is 0. The third-order valence-electron chi connectivity index (χ3n) is 2.46. The summed E-state index contributed by atoms with van der Waals surface area (Å²) in [4.78, 5) is 17.9. The Morgan fingerprint density at radius 2 is 2.33 bits per heavy atom. The number of nitrogens with one attached hydrogen (secondary N) is 1. The topological polar surface area (TPSA) is 92.0 Å². The number of aliphatic carboxylic acids is 1. The average molecular weight is 205 g/mol. The molecule has 0 aliphatic heterocycles. The standard InChI is InChI=1S/C10H11N3O2/c1-10(11,9(14)15)6-2-3-7-8(4-6)13-5-12-7/h2-5H,11H2,1H3,(H,12,13)(H,14,15). The number of aromatic nitrogens is 2. The summed E-state index contributed by atoms with van der Waals surface area (Å²) in [6.45, 7) is 1.47. The third-order valence-corrected chi connectivity index (χ3v) is 2.46. The Hall–Kier alpha value is -1.88. The van der Waals surface area contributed by atoms with Gasteiger partial charge in [0.2, 0.25) is 0 Å². The molecule has 78 valence electrons. The van der Waals surface area contributed by atoms with Crippen molar-refractivity contribution in [1.82, 2.24) is 9.97 Å². The number of hydrogen-bond donors (Lipinski definition) is 3. The molecule has 1 atom stereocenters. The highest BCUT2D eigenvalue weighted by Crippen LogP contribution is 2.21. The van der Waals surface area contributed by atoms with Gasteiger partial charge in [-0.25, -0.2) is 9.78 Å². The molecule has 0 saturated carbocycles. The number of nitrogens with two attached hydrogens (primary N) is 1. The minimum Gasteiger partial charge on any atom is -0.480 e. The number of H-pyrrole nitrogens is 1. The fourth-order valence-corrected chi connectivity index (χ4v) is 1.38. The first-order chi connectivity index (χ1) is 7.01. The molecule has 0 radical (unpaired) electrons. The van der Waals surface area contributed by atoms with Crippen LogP contribution in [0.4, 0.5) is 0 Å². The van der Waals surface area contributed by atoms with E-state index in [9.17, 15) is 4.79 Å². The number of carboxylic acid groups (broad SMARTS) is 1. The summed E-state index contributed by atoms with van der Waals surface area (Å²) in [5.74, 6) is -1.05. The molecule has 1 unspecified atom stereocenters. The number of carbonyl (C=O) groups is 1. The van der Waals surface area contributed by atoms with Gasteiger partial charge in [0.1, 0.15) is 5.54 Å². The fourth-order valence-electron chi connectivity index (χ4n) is 1.38. The van der Waals surface area contributed by atoms with Crippen molar-refractivity contribution in [3.05, 3.63) is 30.1 Å². The van der Waals surface area contributed by atoms with Gasteiger partial charge in [0, 0.05) is 0 Å². The second-order valence-electron chi connectivity index (χ2n) is 3.64. The summed E-state index contributed by atoms with van der Waals surface area (Å²) >= 11 is 0. The first-order valence-electron chi connectivity index (χ1n) is 4.47. The molecule has 1 aromatic carbocycles. The van der Waals surface area contributed by atoms with Crippen LogP contribution in [0.3, 0.4) is 0 Å². The van der Waals surface area contributed by atoms with E-state index in [4.69, 9.17) is 10.8 Å². The zero-order valence-corrected chi connectivity index (χ0v) is 8.19. The zero-order valence-electron chi connectivity index (χ0n) is 8.19. The Bertz CT molecular complexity index is 516. The molecule has 1 aromatic heterocycles. The molecule has 0 aliphatic rings. The smallest absolute Gasteiger partial charge is 0.328 e. The maximum atomic E-state index is 10.9. The van der Waals surface area contributed by atoms with Crippen molar-refractivity contribution in [2.45, 2.75) is 12.5 Å². The number of hydrogen-bond acceptors (Lipinski definition) is 3. The van der Waals surface area contributed by atoms with Gasteiger partial charge >= 0.3 is 5.97 Å². The lowest BCUT2D eigenvalue weighted by Gasteiger charge is -2.19. The Balaban J connectivity index is 2.57. The van der Waals surface area contributed by atoms with E-state index in [1.807, 2.05) is 0 Å². The predicted octanol–water partition coefficient (Wildman–Crippen LogP) is 0.821. The fraction of sp³-hybridized carbons (Fsp3) is 0.200. The average Bonchev–Trinajstić information content (AvgIpc) is 2.63. The maximum Gasteiger partial charge on any atom is 0.328 e. The van der Waals surface area contributed by atoms with E-state index >= 15 is 0 Å². The van der Waals surface area contributed by atoms with E-state index in [1.54, 1.807) is 24.5 Å². The first-order valence-corrected chi connectivity index (χ1v) is 4.47. The molecule has 2 rings (SSSR count). The van der Waals surface area contributed by atoms with Gasteiger partial charge in [-0.2, -0.15) is 0 Å². The van der Waals surface area contributed by atoms with Crippen LogP contribution < -0.4 is 5.73 Å². The van der Waals surface area contributed by atoms with Crippen LogP contribution in [-0.4, -0.2) is 21.0 Å². The number of carboxylic acids is 1. The van der Waals surface area contributed by atoms with E-state index in [0.717, 1.165) is 11.0 Å². The van der Waals surface area contributed by atoms with Gasteiger partial charge < -0.3 is 15.8 Å². The van der Waals surface area contributed by atoms with E-state index in [1.165, 1.54) is 6.92 Å². The largest absolute Gasteiger partial charge is 0.480 e. The van der Waals surface area contributed by atoms with Crippen molar-refractivity contribution in [1.29, 1.82) is 0 Å². The molecule has 0 saturated heterocycles. The van der Waals surface area contributed by atoms with Crippen LogP contribution in [0.5, 0.6) is 0 Å². The highest BCUT2D eigenvalue weighted by atomic mass is 16.4. The van der Waals surface area contributed by atoms with E-state index in [-0.39, 0.29) is 0 Å². The molecule has 0 amide bonds. The Kier molecular flexibility index (Phi) is 1.97. The molecule has 0 bridgehead atoms. The van der Waals surface area contributed by atoms with E-state index in [0.29, 0.717) is 5.56 Å². The monoisotopic (exact) mass is 205 g/mol. The minimum absolute atomic E-state index is 0.548. The summed E-state index contributed by atoms with van der Waals surface area (Å²) in [6, 6.07) is 5.13. The second kappa shape index (κ2) is 3.06. The van der Waals surface area contributed by atoms with Gasteiger partial charge in [-0.1, -0.05) is 6.07 Å². The molecular formula is C10H11N3O2. The summed E-state index contributed by atoms with van der Waals surface area (Å²) in [5, 5.41) is 8.97. The Labute approximate surface area is 85.9 Å². The number of imidazole rings is 1. The lowest BCUT2D eigenvalue weighted by molar-refractivity contribution is -0.143. The van der Waals surface area contributed by atoms with Crippen LogP contribution in [0.15, 0.2) is 24.5 Å². The molecule has 0 fully saturated rings. The molecule has 4 N–H and O–H groups in total. The van der Waals surface area contributed by atoms with Crippen molar-refractivity contribution in [2.75, 3.05) is 0 Å². The number of fused-ring (bicyclic) bond motifs is 1. The molecule has 1 heterocycles. The molecule has 0 aliphatic carbocycles. The van der Waals surface area contributed by atoms with Gasteiger partial charge in [-0.3, -0.25) is 0 Å². The molecule has 5 heteroatoms. The number of aromatic amines is 1. The molecule has 15 heavy (non-hydrogen) atoms. The summed E-state index contributed by atoms with van der Waals surface area (Å²) in [6.07, 6.45) is 1.56. The van der Waals surface area contributed by atoms with E-state index < -0.39 is 11.5 Å². The van der Waals surface area contributed by atoms with Gasteiger partial charge in [0.05, 0.1) is 17.4 Å². The van der Waals surface area contributed by atoms with Gasteiger partial charge in [0.25, 0.3) is 0 Å². The predicted molar refractivity (Wildman–Crippen MR) is 55.3 cm³/mol. The Morgan fingerprint density at radius 3 is 3.00 bits per heavy atom. The maximum absolute atomic E-state index is 10.9. The second-order valence-corrected chi connectivity index (χ2v) is 3.64. The summed E-state index contributed by atoms with van der Waals surface area (Å²) in [7, 11) is 0. The van der Waals surface area contributed by atoms with Crippen molar-refractivity contribution < 1.29 is 9.90 Å². The van der Waals surface area contributed by atoms with Crippen LogP contribution in [0.25, 0.3) is 11.0 Å². The minimum atomic E-state index is -1.38.